The molecule has 0 radical (unpaired) electrons. The van der Waals surface area contributed by atoms with Crippen molar-refractivity contribution >= 4 is 10.0 Å². The van der Waals surface area contributed by atoms with E-state index in [1.54, 1.807) is 29.1 Å². The van der Waals surface area contributed by atoms with Crippen molar-refractivity contribution in [1.29, 1.82) is 0 Å². The molecular weight excluding hydrogens is 441 g/mol. The normalized spacial score (nSPS) is 11.6. The van der Waals surface area contributed by atoms with Crippen molar-refractivity contribution in [3.05, 3.63) is 102 Å². The summed E-state index contributed by atoms with van der Waals surface area (Å²) in [7, 11) is -3.69. The highest BCUT2D eigenvalue weighted by atomic mass is 32.2. The van der Waals surface area contributed by atoms with Gasteiger partial charge in [-0.25, -0.2) is 17.9 Å². The maximum Gasteiger partial charge on any atom is 0.238 e. The quantitative estimate of drug-likeness (QED) is 0.370. The van der Waals surface area contributed by atoms with Gasteiger partial charge in [0.25, 0.3) is 0 Å². The van der Waals surface area contributed by atoms with Crippen molar-refractivity contribution in [2.75, 3.05) is 6.54 Å². The number of nitrogens with zero attached hydrogens (tertiary/aromatic N) is 3. The number of nitrogens with one attached hydrogen (secondary N) is 1. The van der Waals surface area contributed by atoms with Crippen LogP contribution in [0.4, 0.5) is 4.39 Å². The van der Waals surface area contributed by atoms with E-state index in [-0.39, 0.29) is 10.7 Å². The highest BCUT2D eigenvalue weighted by Crippen LogP contribution is 2.20. The molecule has 0 aliphatic heterocycles. The van der Waals surface area contributed by atoms with Gasteiger partial charge in [0.05, 0.1) is 11.4 Å². The van der Waals surface area contributed by atoms with Crippen LogP contribution in [-0.2, 0) is 29.5 Å². The minimum Gasteiger partial charge on any atom is -0.311 e. The Morgan fingerprint density at radius 2 is 1.55 bits per heavy atom. The standard InChI is InChI=1S/C24H24FN5O2S/c25-21-10-6-19(7-11-21)17-30-28-23(24(29-30)20-4-2-1-3-5-20)16-27-15-14-18-8-12-22(13-9-18)33(26,31)32/h1-13,27H,14-17H2,(H2,26,31,32). The van der Waals surface area contributed by atoms with Crippen molar-refractivity contribution in [2.45, 2.75) is 24.4 Å². The molecule has 0 saturated heterocycles. The number of benzene rings is 3. The van der Waals surface area contributed by atoms with Crippen molar-refractivity contribution in [3.8, 4) is 11.3 Å². The van der Waals surface area contributed by atoms with Crippen molar-refractivity contribution in [1.82, 2.24) is 20.3 Å². The number of hydrogen-bond donors (Lipinski definition) is 2. The predicted octanol–water partition coefficient (Wildman–Crippen LogP) is 3.11. The van der Waals surface area contributed by atoms with Gasteiger partial charge in [-0.2, -0.15) is 15.0 Å². The molecule has 0 saturated carbocycles. The van der Waals surface area contributed by atoms with Crippen LogP contribution in [0, 0.1) is 5.82 Å². The van der Waals surface area contributed by atoms with E-state index in [0.29, 0.717) is 19.6 Å². The fraction of sp³-hybridized carbons (Fsp3) is 0.167. The molecule has 0 atom stereocenters. The third-order valence-corrected chi connectivity index (χ3v) is 6.07. The summed E-state index contributed by atoms with van der Waals surface area (Å²) >= 11 is 0. The van der Waals surface area contributed by atoms with Crippen LogP contribution in [0.25, 0.3) is 11.3 Å². The Kier molecular flexibility index (Phi) is 6.93. The molecule has 0 fully saturated rings. The molecule has 0 unspecified atom stereocenters. The Hall–Kier alpha value is -3.40. The lowest BCUT2D eigenvalue weighted by Gasteiger charge is -2.05. The minimum atomic E-state index is -3.69. The molecule has 0 bridgehead atoms. The van der Waals surface area contributed by atoms with Crippen LogP contribution in [0.15, 0.2) is 83.8 Å². The number of hydrogen-bond acceptors (Lipinski definition) is 5. The van der Waals surface area contributed by atoms with Gasteiger partial charge in [0, 0.05) is 12.1 Å². The summed E-state index contributed by atoms with van der Waals surface area (Å²) in [6, 6.07) is 22.7. The maximum atomic E-state index is 13.2. The maximum absolute atomic E-state index is 13.2. The molecule has 0 spiro atoms. The van der Waals surface area contributed by atoms with Gasteiger partial charge >= 0.3 is 0 Å². The summed E-state index contributed by atoms with van der Waals surface area (Å²) in [5.41, 5.74) is 4.49. The Bertz CT molecular complexity index is 1310. The summed E-state index contributed by atoms with van der Waals surface area (Å²) in [6.07, 6.45) is 0.718. The molecule has 33 heavy (non-hydrogen) atoms. The predicted molar refractivity (Wildman–Crippen MR) is 124 cm³/mol. The van der Waals surface area contributed by atoms with Gasteiger partial charge in [0.1, 0.15) is 17.2 Å². The molecule has 1 aromatic heterocycles. The number of nitrogens with two attached hydrogens (primary N) is 1. The van der Waals surface area contributed by atoms with E-state index in [1.807, 2.05) is 30.3 Å². The first-order chi connectivity index (χ1) is 15.9. The second kappa shape index (κ2) is 10.0. The molecule has 3 N–H and O–H groups in total. The molecule has 0 amide bonds. The molecular formula is C24H24FN5O2S. The van der Waals surface area contributed by atoms with Crippen LogP contribution in [0.3, 0.4) is 0 Å². The summed E-state index contributed by atoms with van der Waals surface area (Å²) in [5.74, 6) is -0.277. The Balaban J connectivity index is 1.43. The summed E-state index contributed by atoms with van der Waals surface area (Å²) in [6.45, 7) is 1.63. The van der Waals surface area contributed by atoms with E-state index in [2.05, 4.69) is 15.5 Å². The monoisotopic (exact) mass is 465 g/mol. The highest BCUT2D eigenvalue weighted by molar-refractivity contribution is 7.89. The van der Waals surface area contributed by atoms with Crippen LogP contribution >= 0.6 is 0 Å². The van der Waals surface area contributed by atoms with Crippen LogP contribution in [0.5, 0.6) is 0 Å². The lowest BCUT2D eigenvalue weighted by atomic mass is 10.1. The van der Waals surface area contributed by atoms with Crippen LogP contribution < -0.4 is 10.5 Å². The smallest absolute Gasteiger partial charge is 0.238 e. The molecule has 9 heteroatoms. The van der Waals surface area contributed by atoms with Gasteiger partial charge in [-0.3, -0.25) is 0 Å². The number of primary sulfonamides is 1. The molecule has 4 aromatic rings. The molecule has 0 aliphatic rings. The topological polar surface area (TPSA) is 103 Å². The largest absolute Gasteiger partial charge is 0.311 e. The molecule has 7 nitrogen and oxygen atoms in total. The van der Waals surface area contributed by atoms with E-state index in [1.165, 1.54) is 24.3 Å². The highest BCUT2D eigenvalue weighted by Gasteiger charge is 2.13. The Morgan fingerprint density at radius 3 is 2.21 bits per heavy atom. The van der Waals surface area contributed by atoms with Crippen molar-refractivity contribution in [2.24, 2.45) is 5.14 Å². The van der Waals surface area contributed by atoms with E-state index in [9.17, 15) is 12.8 Å². The average molecular weight is 466 g/mol. The minimum absolute atomic E-state index is 0.101. The molecule has 1 heterocycles. The fourth-order valence-corrected chi connectivity index (χ4v) is 3.95. The van der Waals surface area contributed by atoms with Gasteiger partial charge in [0.15, 0.2) is 0 Å². The van der Waals surface area contributed by atoms with E-state index >= 15 is 0 Å². The number of halogens is 1. The third-order valence-electron chi connectivity index (χ3n) is 5.14. The Morgan fingerprint density at radius 1 is 0.879 bits per heavy atom. The van der Waals surface area contributed by atoms with Crippen LogP contribution in [0.1, 0.15) is 16.8 Å². The first-order valence-electron chi connectivity index (χ1n) is 10.4. The number of aromatic nitrogens is 3. The Labute approximate surface area is 192 Å². The van der Waals surface area contributed by atoms with Gasteiger partial charge < -0.3 is 5.32 Å². The molecule has 4 rings (SSSR count). The van der Waals surface area contributed by atoms with Gasteiger partial charge in [-0.15, -0.1) is 0 Å². The van der Waals surface area contributed by atoms with Crippen LogP contribution in [-0.4, -0.2) is 30.0 Å². The number of sulfonamides is 1. The SMILES string of the molecule is NS(=O)(=O)c1ccc(CCNCc2nn(Cc3ccc(F)cc3)nc2-c2ccccc2)cc1. The second-order valence-electron chi connectivity index (χ2n) is 7.63. The summed E-state index contributed by atoms with van der Waals surface area (Å²) < 4.78 is 36.0. The lowest BCUT2D eigenvalue weighted by molar-refractivity contribution is 0.574. The second-order valence-corrected chi connectivity index (χ2v) is 9.20. The van der Waals surface area contributed by atoms with E-state index in [4.69, 9.17) is 5.14 Å². The third kappa shape index (κ3) is 6.10. The molecule has 0 aliphatic carbocycles. The lowest BCUT2D eigenvalue weighted by Crippen LogP contribution is -2.18. The van der Waals surface area contributed by atoms with Crippen molar-refractivity contribution in [3.63, 3.8) is 0 Å². The van der Waals surface area contributed by atoms with E-state index in [0.717, 1.165) is 34.5 Å². The zero-order valence-corrected chi connectivity index (χ0v) is 18.7. The molecule has 170 valence electrons. The van der Waals surface area contributed by atoms with Crippen LogP contribution in [0.2, 0.25) is 0 Å². The first kappa shape index (κ1) is 22.8. The number of rotatable bonds is 9. The zero-order chi connectivity index (χ0) is 23.3. The van der Waals surface area contributed by atoms with Gasteiger partial charge in [0.2, 0.25) is 10.0 Å². The average Bonchev–Trinajstić information content (AvgIpc) is 3.21. The fourth-order valence-electron chi connectivity index (χ4n) is 3.43. The first-order valence-corrected chi connectivity index (χ1v) is 12.0. The van der Waals surface area contributed by atoms with Gasteiger partial charge in [-0.1, -0.05) is 54.6 Å². The zero-order valence-electron chi connectivity index (χ0n) is 17.9. The van der Waals surface area contributed by atoms with Gasteiger partial charge in [-0.05, 0) is 48.4 Å². The van der Waals surface area contributed by atoms with Crippen molar-refractivity contribution < 1.29 is 12.8 Å². The molecule has 3 aromatic carbocycles. The van der Waals surface area contributed by atoms with E-state index < -0.39 is 10.0 Å². The summed E-state index contributed by atoms with van der Waals surface area (Å²) in [5, 5.41) is 17.8. The summed E-state index contributed by atoms with van der Waals surface area (Å²) in [4.78, 5) is 1.72.